The van der Waals surface area contributed by atoms with Crippen LogP contribution in [-0.2, 0) is 11.2 Å². The Bertz CT molecular complexity index is 909. The Kier molecular flexibility index (Phi) is 4.47. The number of anilines is 1. The molecular weight excluding hydrogens is 300 g/mol. The molecule has 0 saturated heterocycles. The van der Waals surface area contributed by atoms with Crippen LogP contribution in [0.15, 0.2) is 24.3 Å². The van der Waals surface area contributed by atoms with Crippen molar-refractivity contribution in [1.82, 2.24) is 4.98 Å². The van der Waals surface area contributed by atoms with Gasteiger partial charge in [0, 0.05) is 23.2 Å². The van der Waals surface area contributed by atoms with Crippen molar-refractivity contribution in [3.05, 3.63) is 35.4 Å². The lowest BCUT2D eigenvalue weighted by molar-refractivity contribution is -0.114. The Morgan fingerprint density at radius 2 is 2.00 bits per heavy atom. The molecule has 4 nitrogen and oxygen atoms in total. The summed E-state index contributed by atoms with van der Waals surface area (Å²) in [6.45, 7) is 5.57. The SMILES string of the molecule is CCCCCc1c(C)c(O)c(NC(C)=O)c2c1[nH]c1ccccc12. The van der Waals surface area contributed by atoms with Crippen molar-refractivity contribution in [2.45, 2.75) is 46.5 Å². The molecule has 1 aromatic heterocycles. The van der Waals surface area contributed by atoms with E-state index < -0.39 is 0 Å². The molecule has 1 heterocycles. The summed E-state index contributed by atoms with van der Waals surface area (Å²) in [5.41, 5.74) is 4.52. The highest BCUT2D eigenvalue weighted by atomic mass is 16.3. The monoisotopic (exact) mass is 324 g/mol. The zero-order chi connectivity index (χ0) is 17.3. The van der Waals surface area contributed by atoms with Crippen LogP contribution in [0.25, 0.3) is 21.8 Å². The Hall–Kier alpha value is -2.49. The molecule has 1 amide bonds. The van der Waals surface area contributed by atoms with Crippen LogP contribution in [0.4, 0.5) is 5.69 Å². The van der Waals surface area contributed by atoms with Gasteiger partial charge in [-0.15, -0.1) is 0 Å². The second-order valence-corrected chi connectivity index (χ2v) is 6.39. The van der Waals surface area contributed by atoms with Crippen molar-refractivity contribution in [2.24, 2.45) is 0 Å². The number of rotatable bonds is 5. The van der Waals surface area contributed by atoms with Gasteiger partial charge in [0.2, 0.25) is 5.91 Å². The number of fused-ring (bicyclic) bond motifs is 3. The lowest BCUT2D eigenvalue weighted by Gasteiger charge is -2.15. The Labute approximate surface area is 141 Å². The molecule has 0 aliphatic carbocycles. The van der Waals surface area contributed by atoms with Gasteiger partial charge in [0.05, 0.1) is 11.2 Å². The van der Waals surface area contributed by atoms with Crippen LogP contribution < -0.4 is 5.32 Å². The van der Waals surface area contributed by atoms with Crippen molar-refractivity contribution < 1.29 is 9.90 Å². The number of unbranched alkanes of at least 4 members (excludes halogenated alkanes) is 2. The van der Waals surface area contributed by atoms with E-state index in [0.29, 0.717) is 5.69 Å². The number of nitrogens with one attached hydrogen (secondary N) is 2. The Balaban J connectivity index is 2.32. The Morgan fingerprint density at radius 3 is 2.71 bits per heavy atom. The smallest absolute Gasteiger partial charge is 0.221 e. The van der Waals surface area contributed by atoms with E-state index in [1.54, 1.807) is 0 Å². The summed E-state index contributed by atoms with van der Waals surface area (Å²) in [7, 11) is 0. The molecule has 4 heteroatoms. The number of carbonyl (C=O) groups is 1. The average molecular weight is 324 g/mol. The minimum absolute atomic E-state index is 0.175. The highest BCUT2D eigenvalue weighted by molar-refractivity contribution is 6.18. The number of aromatic nitrogens is 1. The van der Waals surface area contributed by atoms with Crippen LogP contribution in [-0.4, -0.2) is 16.0 Å². The number of carbonyl (C=O) groups excluding carboxylic acids is 1. The van der Waals surface area contributed by atoms with Crippen LogP contribution in [0.2, 0.25) is 0 Å². The van der Waals surface area contributed by atoms with Crippen LogP contribution in [0.5, 0.6) is 5.75 Å². The van der Waals surface area contributed by atoms with Gasteiger partial charge in [-0.1, -0.05) is 38.0 Å². The molecule has 3 N–H and O–H groups in total. The van der Waals surface area contributed by atoms with E-state index in [-0.39, 0.29) is 11.7 Å². The fourth-order valence-corrected chi connectivity index (χ4v) is 3.43. The number of benzene rings is 2. The maximum absolute atomic E-state index is 11.6. The molecular formula is C20H24N2O2. The molecule has 3 aromatic rings. The third-order valence-corrected chi connectivity index (χ3v) is 4.63. The minimum atomic E-state index is -0.185. The van der Waals surface area contributed by atoms with Gasteiger partial charge < -0.3 is 15.4 Å². The van der Waals surface area contributed by atoms with Crippen LogP contribution in [0.1, 0.15) is 44.2 Å². The van der Waals surface area contributed by atoms with Crippen LogP contribution in [0, 0.1) is 6.92 Å². The third kappa shape index (κ3) is 2.73. The molecule has 0 aliphatic heterocycles. The third-order valence-electron chi connectivity index (χ3n) is 4.63. The van der Waals surface area contributed by atoms with Crippen molar-refractivity contribution in [3.8, 4) is 5.75 Å². The zero-order valence-corrected chi connectivity index (χ0v) is 14.5. The molecule has 0 radical (unpaired) electrons. The van der Waals surface area contributed by atoms with Gasteiger partial charge in [0.15, 0.2) is 0 Å². The van der Waals surface area contributed by atoms with Crippen LogP contribution >= 0.6 is 0 Å². The van der Waals surface area contributed by atoms with E-state index >= 15 is 0 Å². The quantitative estimate of drug-likeness (QED) is 0.455. The fraction of sp³-hybridized carbons (Fsp3) is 0.350. The highest BCUT2D eigenvalue weighted by Crippen LogP contribution is 2.43. The van der Waals surface area contributed by atoms with Gasteiger partial charge in [0.25, 0.3) is 0 Å². The van der Waals surface area contributed by atoms with Crippen molar-refractivity contribution >= 4 is 33.4 Å². The van der Waals surface area contributed by atoms with Crippen molar-refractivity contribution in [1.29, 1.82) is 0 Å². The predicted molar refractivity (Wildman–Crippen MR) is 99.7 cm³/mol. The lowest BCUT2D eigenvalue weighted by atomic mass is 9.96. The molecule has 0 saturated carbocycles. The summed E-state index contributed by atoms with van der Waals surface area (Å²) in [5, 5.41) is 15.5. The van der Waals surface area contributed by atoms with Gasteiger partial charge in [-0.25, -0.2) is 0 Å². The highest BCUT2D eigenvalue weighted by Gasteiger charge is 2.20. The molecule has 0 fully saturated rings. The number of para-hydroxylation sites is 1. The minimum Gasteiger partial charge on any atom is -0.505 e. The number of phenols is 1. The van der Waals surface area contributed by atoms with Crippen molar-refractivity contribution in [3.63, 3.8) is 0 Å². The van der Waals surface area contributed by atoms with E-state index in [1.807, 2.05) is 31.2 Å². The summed E-state index contributed by atoms with van der Waals surface area (Å²) in [6, 6.07) is 8.00. The molecule has 2 aromatic carbocycles. The average Bonchev–Trinajstić information content (AvgIpc) is 2.93. The molecule has 0 spiro atoms. The van der Waals surface area contributed by atoms with E-state index in [4.69, 9.17) is 0 Å². The number of aromatic amines is 1. The molecule has 126 valence electrons. The predicted octanol–water partition coefficient (Wildman–Crippen LogP) is 5.03. The van der Waals surface area contributed by atoms with Gasteiger partial charge in [-0.3, -0.25) is 4.79 Å². The van der Waals surface area contributed by atoms with Crippen molar-refractivity contribution in [2.75, 3.05) is 5.32 Å². The standard InChI is InChI=1S/C20H24N2O2/c1-4-5-6-9-14-12(2)20(24)19(21-13(3)23)17-15-10-7-8-11-16(15)22-18(14)17/h7-8,10-11,22,24H,4-6,9H2,1-3H3,(H,21,23). The van der Waals surface area contributed by atoms with Crippen LogP contribution in [0.3, 0.4) is 0 Å². The van der Waals surface area contributed by atoms with Gasteiger partial charge in [-0.05, 0) is 37.0 Å². The number of phenolic OH excluding ortho intramolecular Hbond substituents is 1. The topological polar surface area (TPSA) is 65.1 Å². The molecule has 0 atom stereocenters. The maximum Gasteiger partial charge on any atom is 0.221 e. The fourth-order valence-electron chi connectivity index (χ4n) is 3.43. The number of hydrogen-bond acceptors (Lipinski definition) is 2. The number of amides is 1. The summed E-state index contributed by atoms with van der Waals surface area (Å²) >= 11 is 0. The largest absolute Gasteiger partial charge is 0.505 e. The van der Waals surface area contributed by atoms with Gasteiger partial charge >= 0.3 is 0 Å². The summed E-state index contributed by atoms with van der Waals surface area (Å²) in [6.07, 6.45) is 4.32. The molecule has 0 bridgehead atoms. The molecule has 3 rings (SSSR count). The first-order chi connectivity index (χ1) is 11.5. The first-order valence-corrected chi connectivity index (χ1v) is 8.57. The lowest BCUT2D eigenvalue weighted by Crippen LogP contribution is -2.08. The van der Waals surface area contributed by atoms with E-state index in [0.717, 1.165) is 58.6 Å². The Morgan fingerprint density at radius 1 is 1.25 bits per heavy atom. The second kappa shape index (κ2) is 6.56. The normalized spacial score (nSPS) is 11.3. The number of aromatic hydroxyl groups is 1. The number of hydrogen-bond donors (Lipinski definition) is 3. The first kappa shape index (κ1) is 16.4. The number of H-pyrrole nitrogens is 1. The number of aryl methyl sites for hydroxylation is 1. The first-order valence-electron chi connectivity index (χ1n) is 8.57. The van der Waals surface area contributed by atoms with E-state index in [9.17, 15) is 9.90 Å². The van der Waals surface area contributed by atoms with E-state index in [2.05, 4.69) is 17.2 Å². The summed E-state index contributed by atoms with van der Waals surface area (Å²) in [5.74, 6) is -0.0102. The molecule has 0 aliphatic rings. The summed E-state index contributed by atoms with van der Waals surface area (Å²) in [4.78, 5) is 15.1. The van der Waals surface area contributed by atoms with Gasteiger partial charge in [0.1, 0.15) is 5.75 Å². The zero-order valence-electron chi connectivity index (χ0n) is 14.5. The molecule has 0 unspecified atom stereocenters. The maximum atomic E-state index is 11.6. The molecule has 24 heavy (non-hydrogen) atoms. The second-order valence-electron chi connectivity index (χ2n) is 6.39. The van der Waals surface area contributed by atoms with Gasteiger partial charge in [-0.2, -0.15) is 0 Å². The van der Waals surface area contributed by atoms with E-state index in [1.165, 1.54) is 6.92 Å². The summed E-state index contributed by atoms with van der Waals surface area (Å²) < 4.78 is 0.